The van der Waals surface area contributed by atoms with Gasteiger partial charge in [-0.05, 0) is 60.2 Å². The van der Waals surface area contributed by atoms with E-state index < -0.39 is 0 Å². The van der Waals surface area contributed by atoms with Gasteiger partial charge < -0.3 is 13.6 Å². The van der Waals surface area contributed by atoms with Gasteiger partial charge >= 0.3 is 0 Å². The first-order valence-corrected chi connectivity index (χ1v) is 16.5. The van der Waals surface area contributed by atoms with Gasteiger partial charge in [-0.3, -0.25) is 0 Å². The molecule has 0 aliphatic carbocycles. The van der Waals surface area contributed by atoms with E-state index in [-0.39, 0.29) is 11.1 Å². The highest BCUT2D eigenvalue weighted by Gasteiger charge is 2.24. The molecule has 0 amide bonds. The zero-order valence-electron chi connectivity index (χ0n) is 26.9. The first-order chi connectivity index (χ1) is 25.2. The fourth-order valence-electron chi connectivity index (χ4n) is 7.84. The van der Waals surface area contributed by atoms with Crippen molar-refractivity contribution in [2.75, 3.05) is 0 Å². The number of furan rings is 1. The van der Waals surface area contributed by atoms with Crippen LogP contribution in [0.15, 0.2) is 144 Å². The monoisotopic (exact) mass is 649 g/mol. The van der Waals surface area contributed by atoms with Crippen LogP contribution in [0.2, 0.25) is 0 Å². The minimum Gasteiger partial charge on any atom is -0.456 e. The van der Waals surface area contributed by atoms with Crippen molar-refractivity contribution in [3.63, 3.8) is 0 Å². The van der Waals surface area contributed by atoms with E-state index >= 15 is 0 Å². The van der Waals surface area contributed by atoms with Crippen molar-refractivity contribution in [3.8, 4) is 34.6 Å². The second-order valence-corrected chi connectivity index (χ2v) is 12.6. The molecular weight excluding hydrogens is 627 g/mol. The van der Waals surface area contributed by atoms with Crippen LogP contribution in [0.1, 0.15) is 11.1 Å². The van der Waals surface area contributed by atoms with E-state index in [2.05, 4.69) is 68.6 Å². The number of nitrogens with zero attached hydrogens (tertiary/aromatic N) is 5. The Hall–Kier alpha value is -7.59. The minimum absolute atomic E-state index is 0.269. The number of rotatable bonds is 3. The van der Waals surface area contributed by atoms with Gasteiger partial charge in [0.05, 0.1) is 51.1 Å². The van der Waals surface area contributed by atoms with Crippen LogP contribution in [-0.4, -0.2) is 9.13 Å². The van der Waals surface area contributed by atoms with E-state index in [0.29, 0.717) is 11.4 Å². The Morgan fingerprint density at radius 3 is 1.82 bits per heavy atom. The van der Waals surface area contributed by atoms with Gasteiger partial charge in [0.2, 0.25) is 5.69 Å². The van der Waals surface area contributed by atoms with Gasteiger partial charge in [0, 0.05) is 37.9 Å². The maximum Gasteiger partial charge on any atom is 0.211 e. The van der Waals surface area contributed by atoms with Crippen molar-refractivity contribution >= 4 is 71.2 Å². The third-order valence-corrected chi connectivity index (χ3v) is 10.0. The summed E-state index contributed by atoms with van der Waals surface area (Å²) in [7, 11) is 0. The van der Waals surface area contributed by atoms with Crippen LogP contribution < -0.4 is 0 Å². The molecule has 0 bridgehead atoms. The second-order valence-electron chi connectivity index (χ2n) is 12.6. The Labute approximate surface area is 291 Å². The molecule has 3 heterocycles. The number of aromatic nitrogens is 2. The Balaban J connectivity index is 1.28. The summed E-state index contributed by atoms with van der Waals surface area (Å²) in [6.07, 6.45) is 0. The number of para-hydroxylation sites is 4. The Kier molecular flexibility index (Phi) is 5.97. The highest BCUT2D eigenvalue weighted by atomic mass is 16.3. The summed E-state index contributed by atoms with van der Waals surface area (Å²) in [4.78, 5) is 4.05. The molecule has 0 saturated carbocycles. The van der Waals surface area contributed by atoms with Gasteiger partial charge in [0.25, 0.3) is 0 Å². The van der Waals surface area contributed by atoms with E-state index in [1.165, 1.54) is 0 Å². The van der Waals surface area contributed by atoms with Crippen molar-refractivity contribution in [2.45, 2.75) is 0 Å². The molecule has 0 radical (unpaired) electrons. The Bertz CT molecular complexity index is 3190. The molecule has 6 heteroatoms. The van der Waals surface area contributed by atoms with E-state index in [4.69, 9.17) is 11.0 Å². The summed E-state index contributed by atoms with van der Waals surface area (Å²) in [5, 5.41) is 27.1. The molecule has 7 aromatic carbocycles. The van der Waals surface area contributed by atoms with Crippen LogP contribution in [0.25, 0.3) is 92.9 Å². The average Bonchev–Trinajstić information content (AvgIpc) is 3.83. The van der Waals surface area contributed by atoms with Gasteiger partial charge in [-0.15, -0.1) is 0 Å². The quantitative estimate of drug-likeness (QED) is 0.179. The summed E-state index contributed by atoms with van der Waals surface area (Å²) >= 11 is 0. The average molecular weight is 650 g/mol. The normalized spacial score (nSPS) is 11.5. The molecule has 0 atom stereocenters. The van der Waals surface area contributed by atoms with Crippen molar-refractivity contribution in [2.24, 2.45) is 0 Å². The van der Waals surface area contributed by atoms with E-state index in [1.54, 1.807) is 6.07 Å². The summed E-state index contributed by atoms with van der Waals surface area (Å²) in [6, 6.07) is 50.9. The maximum absolute atomic E-state index is 10.7. The van der Waals surface area contributed by atoms with Crippen LogP contribution in [-0.2, 0) is 0 Å². The van der Waals surface area contributed by atoms with Gasteiger partial charge in [0.1, 0.15) is 23.3 Å². The molecule has 0 aliphatic heterocycles. The summed E-state index contributed by atoms with van der Waals surface area (Å²) in [5.74, 6) is 0. The molecule has 3 aromatic heterocycles. The molecule has 0 aliphatic rings. The SMILES string of the molecule is [C-]#[N+]c1cc(-c2ccc(C#N)c(C#N)c2-n2c3ccccc3c3cc4oc5ccccc5c4cc32)ccc1-n1c2ccccc2c2ccccc21. The smallest absolute Gasteiger partial charge is 0.211 e. The Morgan fingerprint density at radius 2 is 1.16 bits per heavy atom. The zero-order valence-corrected chi connectivity index (χ0v) is 26.9. The topological polar surface area (TPSA) is 74.9 Å². The molecule has 0 spiro atoms. The first-order valence-electron chi connectivity index (χ1n) is 16.5. The fraction of sp³-hybridized carbons (Fsp3) is 0. The highest BCUT2D eigenvalue weighted by Crippen LogP contribution is 2.43. The molecule has 0 saturated heterocycles. The third-order valence-electron chi connectivity index (χ3n) is 10.0. The molecule has 10 rings (SSSR count). The van der Waals surface area contributed by atoms with Gasteiger partial charge in [-0.2, -0.15) is 10.5 Å². The first kappa shape index (κ1) is 28.4. The van der Waals surface area contributed by atoms with E-state index in [1.807, 2.05) is 91.0 Å². The molecule has 0 N–H and O–H groups in total. The van der Waals surface area contributed by atoms with Crippen molar-refractivity contribution in [1.82, 2.24) is 9.13 Å². The van der Waals surface area contributed by atoms with E-state index in [9.17, 15) is 10.5 Å². The summed E-state index contributed by atoms with van der Waals surface area (Å²) in [6.45, 7) is 8.34. The predicted molar refractivity (Wildman–Crippen MR) is 204 cm³/mol. The van der Waals surface area contributed by atoms with Crippen molar-refractivity contribution in [3.05, 3.63) is 162 Å². The summed E-state index contributed by atoms with van der Waals surface area (Å²) in [5.41, 5.74) is 9.29. The largest absolute Gasteiger partial charge is 0.456 e. The maximum atomic E-state index is 10.7. The lowest BCUT2D eigenvalue weighted by Gasteiger charge is -2.18. The number of fused-ring (bicyclic) bond motifs is 9. The third kappa shape index (κ3) is 3.95. The van der Waals surface area contributed by atoms with Crippen LogP contribution in [0.3, 0.4) is 0 Å². The van der Waals surface area contributed by atoms with Crippen LogP contribution >= 0.6 is 0 Å². The van der Waals surface area contributed by atoms with Crippen LogP contribution in [0, 0.1) is 29.2 Å². The number of nitriles is 2. The molecule has 51 heavy (non-hydrogen) atoms. The summed E-state index contributed by atoms with van der Waals surface area (Å²) < 4.78 is 10.5. The van der Waals surface area contributed by atoms with Crippen LogP contribution in [0.4, 0.5) is 5.69 Å². The van der Waals surface area contributed by atoms with Crippen molar-refractivity contribution in [1.29, 1.82) is 10.5 Å². The minimum atomic E-state index is 0.269. The highest BCUT2D eigenvalue weighted by molar-refractivity contribution is 6.17. The molecular formula is C45H23N5O. The van der Waals surface area contributed by atoms with Gasteiger partial charge in [0.15, 0.2) is 0 Å². The second kappa shape index (κ2) is 10.7. The van der Waals surface area contributed by atoms with Crippen molar-refractivity contribution < 1.29 is 4.42 Å². The van der Waals surface area contributed by atoms with E-state index in [0.717, 1.165) is 82.4 Å². The standard InChI is InChI=1S/C45H23N5O/c1-48-37-22-27(19-21-41(37)49-38-14-6-2-10-30(38)31-11-3-7-15-39(31)49)29-20-18-28(25-46)36(26-47)45(29)50-40-16-8-4-12-32(40)34-24-44-35(23-42(34)50)33-13-5-9-17-43(33)51-44/h2-24H. The number of benzene rings is 7. The van der Waals surface area contributed by atoms with Crippen LogP contribution in [0.5, 0.6) is 0 Å². The molecule has 234 valence electrons. The number of hydrogen-bond acceptors (Lipinski definition) is 3. The molecule has 10 aromatic rings. The predicted octanol–water partition coefficient (Wildman–Crippen LogP) is 11.7. The van der Waals surface area contributed by atoms with Gasteiger partial charge in [-0.1, -0.05) is 84.9 Å². The zero-order chi connectivity index (χ0) is 34.2. The Morgan fingerprint density at radius 1 is 0.529 bits per heavy atom. The molecule has 0 fully saturated rings. The lowest BCUT2D eigenvalue weighted by Crippen LogP contribution is -2.03. The molecule has 6 nitrogen and oxygen atoms in total. The lowest BCUT2D eigenvalue weighted by atomic mass is 9.95. The molecule has 0 unspecified atom stereocenters. The number of hydrogen-bond donors (Lipinski definition) is 0. The fourth-order valence-corrected chi connectivity index (χ4v) is 7.84. The van der Waals surface area contributed by atoms with Gasteiger partial charge in [-0.25, -0.2) is 4.85 Å². The lowest BCUT2D eigenvalue weighted by molar-refractivity contribution is 0.669.